The Balaban J connectivity index is 2.23. The normalized spacial score (nSPS) is 11.7. The molecule has 0 radical (unpaired) electrons. The highest BCUT2D eigenvalue weighted by Gasteiger charge is 2.11. The van der Waals surface area contributed by atoms with Crippen molar-refractivity contribution < 1.29 is 5.11 Å². The molecule has 0 aliphatic rings. The quantitative estimate of drug-likeness (QED) is 0.881. The van der Waals surface area contributed by atoms with Crippen molar-refractivity contribution in [2.45, 2.75) is 26.0 Å². The number of anilines is 1. The summed E-state index contributed by atoms with van der Waals surface area (Å²) in [5, 5.41) is 18.5. The van der Waals surface area contributed by atoms with Crippen molar-refractivity contribution in [2.75, 3.05) is 11.4 Å². The van der Waals surface area contributed by atoms with Gasteiger partial charge >= 0.3 is 0 Å². The van der Waals surface area contributed by atoms with Crippen LogP contribution in [-0.4, -0.2) is 21.6 Å². The van der Waals surface area contributed by atoms with Crippen LogP contribution in [0, 0.1) is 11.3 Å². The van der Waals surface area contributed by atoms with Crippen LogP contribution in [-0.2, 0) is 6.54 Å². The zero-order valence-electron chi connectivity index (χ0n) is 12.0. The predicted octanol–water partition coefficient (Wildman–Crippen LogP) is 2.45. The van der Waals surface area contributed by atoms with Gasteiger partial charge in [0, 0.05) is 31.7 Å². The van der Waals surface area contributed by atoms with E-state index >= 15 is 0 Å². The molecule has 0 saturated carbocycles. The van der Waals surface area contributed by atoms with Crippen molar-refractivity contribution in [1.29, 1.82) is 5.26 Å². The third-order valence-electron chi connectivity index (χ3n) is 3.17. The van der Waals surface area contributed by atoms with E-state index in [4.69, 9.17) is 5.26 Å². The highest BCUT2D eigenvalue weighted by Crippen LogP contribution is 2.19. The van der Waals surface area contributed by atoms with Gasteiger partial charge in [0.25, 0.3) is 0 Å². The molecular formula is C16H18N4O. The fourth-order valence-electron chi connectivity index (χ4n) is 2.04. The van der Waals surface area contributed by atoms with E-state index in [9.17, 15) is 5.11 Å². The first-order valence-electron chi connectivity index (χ1n) is 6.85. The SMILES string of the molecule is C[C@@H](O)c1ccnc(N(CCC#N)Cc2cccnc2)c1. The van der Waals surface area contributed by atoms with Crippen LogP contribution in [0.15, 0.2) is 42.9 Å². The highest BCUT2D eigenvalue weighted by atomic mass is 16.3. The first-order chi connectivity index (χ1) is 10.2. The molecule has 0 amide bonds. The first kappa shape index (κ1) is 14.9. The van der Waals surface area contributed by atoms with E-state index in [1.165, 1.54) is 0 Å². The first-order valence-corrected chi connectivity index (χ1v) is 6.85. The largest absolute Gasteiger partial charge is 0.389 e. The van der Waals surface area contributed by atoms with Crippen LogP contribution in [0.1, 0.15) is 30.6 Å². The zero-order chi connectivity index (χ0) is 15.1. The van der Waals surface area contributed by atoms with E-state index in [-0.39, 0.29) is 0 Å². The maximum absolute atomic E-state index is 9.69. The Morgan fingerprint density at radius 1 is 1.38 bits per heavy atom. The number of nitriles is 1. The Morgan fingerprint density at radius 3 is 2.90 bits per heavy atom. The molecule has 0 fully saturated rings. The van der Waals surface area contributed by atoms with E-state index in [0.29, 0.717) is 19.5 Å². The summed E-state index contributed by atoms with van der Waals surface area (Å²) in [6, 6.07) is 9.69. The predicted molar refractivity (Wildman–Crippen MR) is 80.4 cm³/mol. The fraction of sp³-hybridized carbons (Fsp3) is 0.312. The van der Waals surface area contributed by atoms with Crippen molar-refractivity contribution in [3.05, 3.63) is 54.0 Å². The maximum Gasteiger partial charge on any atom is 0.129 e. The van der Waals surface area contributed by atoms with Crippen molar-refractivity contribution in [1.82, 2.24) is 9.97 Å². The number of hydrogen-bond donors (Lipinski definition) is 1. The number of aromatic nitrogens is 2. The molecule has 5 nitrogen and oxygen atoms in total. The van der Waals surface area contributed by atoms with Gasteiger partial charge in [0.1, 0.15) is 5.82 Å². The third-order valence-corrected chi connectivity index (χ3v) is 3.17. The minimum Gasteiger partial charge on any atom is -0.389 e. The van der Waals surface area contributed by atoms with Gasteiger partial charge in [-0.3, -0.25) is 4.98 Å². The number of aliphatic hydroxyl groups is 1. The van der Waals surface area contributed by atoms with E-state index in [1.54, 1.807) is 31.6 Å². The molecular weight excluding hydrogens is 264 g/mol. The summed E-state index contributed by atoms with van der Waals surface area (Å²) in [5.74, 6) is 0.757. The van der Waals surface area contributed by atoms with Crippen LogP contribution < -0.4 is 4.90 Å². The summed E-state index contributed by atoms with van der Waals surface area (Å²) >= 11 is 0. The van der Waals surface area contributed by atoms with Gasteiger partial charge < -0.3 is 10.0 Å². The Labute approximate surface area is 124 Å². The molecule has 1 atom stereocenters. The van der Waals surface area contributed by atoms with Gasteiger partial charge in [-0.1, -0.05) is 6.07 Å². The van der Waals surface area contributed by atoms with E-state index < -0.39 is 6.10 Å². The number of aliphatic hydroxyl groups excluding tert-OH is 1. The molecule has 0 spiro atoms. The average Bonchev–Trinajstić information content (AvgIpc) is 2.52. The molecule has 2 heterocycles. The second kappa shape index (κ2) is 7.36. The molecule has 2 rings (SSSR count). The van der Waals surface area contributed by atoms with Crippen molar-refractivity contribution >= 4 is 5.82 Å². The lowest BCUT2D eigenvalue weighted by molar-refractivity contribution is 0.199. The number of hydrogen-bond acceptors (Lipinski definition) is 5. The van der Waals surface area contributed by atoms with Crippen LogP contribution >= 0.6 is 0 Å². The molecule has 5 heteroatoms. The molecule has 0 aliphatic carbocycles. The zero-order valence-corrected chi connectivity index (χ0v) is 12.0. The van der Waals surface area contributed by atoms with Crippen LogP contribution in [0.5, 0.6) is 0 Å². The molecule has 2 aromatic rings. The second-order valence-electron chi connectivity index (χ2n) is 4.81. The highest BCUT2D eigenvalue weighted by molar-refractivity contribution is 5.42. The van der Waals surface area contributed by atoms with Gasteiger partial charge in [-0.15, -0.1) is 0 Å². The summed E-state index contributed by atoms with van der Waals surface area (Å²) in [7, 11) is 0. The maximum atomic E-state index is 9.69. The summed E-state index contributed by atoms with van der Waals surface area (Å²) in [4.78, 5) is 10.5. The number of nitrogens with zero attached hydrogens (tertiary/aromatic N) is 4. The van der Waals surface area contributed by atoms with Gasteiger partial charge in [-0.05, 0) is 36.2 Å². The summed E-state index contributed by atoms with van der Waals surface area (Å²) in [6.45, 7) is 2.94. The van der Waals surface area contributed by atoms with Crippen LogP contribution in [0.2, 0.25) is 0 Å². The van der Waals surface area contributed by atoms with Crippen LogP contribution in [0.3, 0.4) is 0 Å². The standard InChI is InChI=1S/C16H18N4O/c1-13(21)15-5-8-19-16(10-15)20(9-3-6-17)12-14-4-2-7-18-11-14/h2,4-5,7-8,10-11,13,21H,3,9,12H2,1H3/t13-/m1/s1. The molecule has 21 heavy (non-hydrogen) atoms. The summed E-state index contributed by atoms with van der Waals surface area (Å²) < 4.78 is 0. The number of pyridine rings is 2. The molecule has 0 bridgehead atoms. The van der Waals surface area contributed by atoms with E-state index in [2.05, 4.69) is 16.0 Å². The molecule has 0 saturated heterocycles. The lowest BCUT2D eigenvalue weighted by atomic mass is 10.1. The smallest absolute Gasteiger partial charge is 0.129 e. The van der Waals surface area contributed by atoms with E-state index in [1.807, 2.05) is 23.1 Å². The third kappa shape index (κ3) is 4.26. The molecule has 0 aliphatic heterocycles. The monoisotopic (exact) mass is 282 g/mol. The minimum atomic E-state index is -0.539. The summed E-state index contributed by atoms with van der Waals surface area (Å²) in [5.41, 5.74) is 1.87. The van der Waals surface area contributed by atoms with Gasteiger partial charge in [-0.2, -0.15) is 5.26 Å². The second-order valence-corrected chi connectivity index (χ2v) is 4.81. The van der Waals surface area contributed by atoms with Gasteiger partial charge in [-0.25, -0.2) is 4.98 Å². The fourth-order valence-corrected chi connectivity index (χ4v) is 2.04. The Morgan fingerprint density at radius 2 is 2.24 bits per heavy atom. The average molecular weight is 282 g/mol. The summed E-state index contributed by atoms with van der Waals surface area (Å²) in [6.07, 6.45) is 5.09. The van der Waals surface area contributed by atoms with Gasteiger partial charge in [0.15, 0.2) is 0 Å². The Kier molecular flexibility index (Phi) is 5.24. The molecule has 0 unspecified atom stereocenters. The lowest BCUT2D eigenvalue weighted by Gasteiger charge is -2.23. The Bertz CT molecular complexity index is 607. The van der Waals surface area contributed by atoms with Crippen LogP contribution in [0.25, 0.3) is 0 Å². The molecule has 0 aromatic carbocycles. The van der Waals surface area contributed by atoms with Crippen molar-refractivity contribution in [3.63, 3.8) is 0 Å². The van der Waals surface area contributed by atoms with E-state index in [0.717, 1.165) is 16.9 Å². The van der Waals surface area contributed by atoms with Gasteiger partial charge in [0.05, 0.1) is 18.6 Å². The lowest BCUT2D eigenvalue weighted by Crippen LogP contribution is -2.25. The van der Waals surface area contributed by atoms with Crippen LogP contribution in [0.4, 0.5) is 5.82 Å². The van der Waals surface area contributed by atoms with Gasteiger partial charge in [0.2, 0.25) is 0 Å². The molecule has 2 aromatic heterocycles. The van der Waals surface area contributed by atoms with Crippen molar-refractivity contribution in [2.24, 2.45) is 0 Å². The Hall–Kier alpha value is -2.45. The topological polar surface area (TPSA) is 73.0 Å². The number of rotatable bonds is 6. The van der Waals surface area contributed by atoms with Crippen molar-refractivity contribution in [3.8, 4) is 6.07 Å². The molecule has 108 valence electrons. The minimum absolute atomic E-state index is 0.418. The molecule has 1 N–H and O–H groups in total.